The molecule has 0 spiro atoms. The molecule has 1 fully saturated rings. The Hall–Kier alpha value is -3.48. The molecule has 2 aromatic carbocycles. The molecule has 0 aliphatic heterocycles. The second-order valence-corrected chi connectivity index (χ2v) is 7.24. The highest BCUT2D eigenvalue weighted by molar-refractivity contribution is 6.00. The third-order valence-electron chi connectivity index (χ3n) is 5.26. The summed E-state index contributed by atoms with van der Waals surface area (Å²) in [4.78, 5) is 17.1. The molecule has 7 heteroatoms. The standard InChI is InChI=1S/C22H18FN3O3/c23-15-8-5-13(6-9-15)22-25-18(12-28-22)20-17-11-14(7-10-19(17)29-26-20)21(27)24-16-3-1-2-4-16/h5-12,16H,1-4H2,(H,24,27). The molecule has 5 rings (SSSR count). The second kappa shape index (κ2) is 7.16. The molecule has 1 saturated carbocycles. The maximum atomic E-state index is 13.1. The van der Waals surface area contributed by atoms with E-state index in [1.807, 2.05) is 0 Å². The van der Waals surface area contributed by atoms with E-state index in [1.54, 1.807) is 30.3 Å². The van der Waals surface area contributed by atoms with Gasteiger partial charge in [-0.25, -0.2) is 9.37 Å². The summed E-state index contributed by atoms with van der Waals surface area (Å²) in [7, 11) is 0. The van der Waals surface area contributed by atoms with Gasteiger partial charge in [0.2, 0.25) is 5.89 Å². The molecule has 1 amide bonds. The Kier molecular flexibility index (Phi) is 4.35. The number of rotatable bonds is 4. The Labute approximate surface area is 165 Å². The summed E-state index contributed by atoms with van der Waals surface area (Å²) < 4.78 is 24.1. The first-order valence-corrected chi connectivity index (χ1v) is 9.59. The summed E-state index contributed by atoms with van der Waals surface area (Å²) in [6.07, 6.45) is 5.83. The van der Waals surface area contributed by atoms with Gasteiger partial charge in [0.1, 0.15) is 23.5 Å². The molecule has 0 radical (unpaired) electrons. The van der Waals surface area contributed by atoms with Crippen LogP contribution in [-0.2, 0) is 0 Å². The van der Waals surface area contributed by atoms with Gasteiger partial charge in [0.05, 0.1) is 5.39 Å². The van der Waals surface area contributed by atoms with E-state index in [0.717, 1.165) is 25.7 Å². The number of hydrogen-bond donors (Lipinski definition) is 1. The zero-order chi connectivity index (χ0) is 19.8. The Morgan fingerprint density at radius 3 is 2.69 bits per heavy atom. The molecule has 1 aliphatic carbocycles. The zero-order valence-electron chi connectivity index (χ0n) is 15.5. The van der Waals surface area contributed by atoms with Crippen LogP contribution in [0.25, 0.3) is 33.8 Å². The number of aromatic nitrogens is 2. The summed E-state index contributed by atoms with van der Waals surface area (Å²) in [5.41, 5.74) is 2.74. The van der Waals surface area contributed by atoms with Crippen LogP contribution in [0.3, 0.4) is 0 Å². The first kappa shape index (κ1) is 17.6. The number of oxazole rings is 1. The van der Waals surface area contributed by atoms with Crippen molar-refractivity contribution in [2.75, 3.05) is 0 Å². The topological polar surface area (TPSA) is 81.2 Å². The highest BCUT2D eigenvalue weighted by Gasteiger charge is 2.20. The lowest BCUT2D eigenvalue weighted by Crippen LogP contribution is -2.32. The highest BCUT2D eigenvalue weighted by Crippen LogP contribution is 2.30. The molecule has 1 N–H and O–H groups in total. The predicted octanol–water partition coefficient (Wildman–Crippen LogP) is 4.96. The lowest BCUT2D eigenvalue weighted by Gasteiger charge is -2.11. The Morgan fingerprint density at radius 2 is 1.90 bits per heavy atom. The number of nitrogens with zero attached hydrogens (tertiary/aromatic N) is 2. The summed E-state index contributed by atoms with van der Waals surface area (Å²) in [5.74, 6) is -0.0733. The van der Waals surface area contributed by atoms with Gasteiger partial charge in [-0.2, -0.15) is 0 Å². The smallest absolute Gasteiger partial charge is 0.251 e. The number of carbonyl (C=O) groups excluding carboxylic acids is 1. The third-order valence-corrected chi connectivity index (χ3v) is 5.26. The minimum atomic E-state index is -0.327. The highest BCUT2D eigenvalue weighted by atomic mass is 19.1. The monoisotopic (exact) mass is 391 g/mol. The maximum absolute atomic E-state index is 13.1. The molecular weight excluding hydrogens is 373 g/mol. The van der Waals surface area contributed by atoms with E-state index in [4.69, 9.17) is 8.94 Å². The zero-order valence-corrected chi connectivity index (χ0v) is 15.5. The molecule has 6 nitrogen and oxygen atoms in total. The van der Waals surface area contributed by atoms with Crippen LogP contribution < -0.4 is 5.32 Å². The van der Waals surface area contributed by atoms with Crippen molar-refractivity contribution in [3.63, 3.8) is 0 Å². The molecule has 0 atom stereocenters. The molecule has 146 valence electrons. The van der Waals surface area contributed by atoms with Crippen LogP contribution in [0, 0.1) is 5.82 Å². The van der Waals surface area contributed by atoms with E-state index < -0.39 is 0 Å². The number of carbonyl (C=O) groups is 1. The number of amides is 1. The van der Waals surface area contributed by atoms with Gasteiger partial charge in [-0.15, -0.1) is 0 Å². The Balaban J connectivity index is 1.46. The second-order valence-electron chi connectivity index (χ2n) is 7.24. The molecule has 0 saturated heterocycles. The minimum Gasteiger partial charge on any atom is -0.444 e. The van der Waals surface area contributed by atoms with Gasteiger partial charge in [-0.3, -0.25) is 4.79 Å². The van der Waals surface area contributed by atoms with Crippen LogP contribution in [-0.4, -0.2) is 22.1 Å². The summed E-state index contributed by atoms with van der Waals surface area (Å²) >= 11 is 0. The molecule has 2 heterocycles. The summed E-state index contributed by atoms with van der Waals surface area (Å²) in [6.45, 7) is 0. The van der Waals surface area contributed by atoms with Crippen molar-refractivity contribution < 1.29 is 18.1 Å². The van der Waals surface area contributed by atoms with E-state index in [2.05, 4.69) is 15.5 Å². The van der Waals surface area contributed by atoms with E-state index in [1.165, 1.54) is 18.4 Å². The van der Waals surface area contributed by atoms with Gasteiger partial charge in [0.25, 0.3) is 5.91 Å². The third kappa shape index (κ3) is 3.40. The van der Waals surface area contributed by atoms with Crippen molar-refractivity contribution in [1.29, 1.82) is 0 Å². The minimum absolute atomic E-state index is 0.0990. The number of hydrogen-bond acceptors (Lipinski definition) is 5. The van der Waals surface area contributed by atoms with Gasteiger partial charge in [-0.05, 0) is 55.3 Å². The average molecular weight is 391 g/mol. The fourth-order valence-electron chi connectivity index (χ4n) is 3.71. The molecule has 2 aromatic heterocycles. The van der Waals surface area contributed by atoms with Crippen LogP contribution in [0.5, 0.6) is 0 Å². The lowest BCUT2D eigenvalue weighted by atomic mass is 10.1. The van der Waals surface area contributed by atoms with Crippen molar-refractivity contribution in [2.45, 2.75) is 31.7 Å². The van der Waals surface area contributed by atoms with Gasteiger partial charge in [0, 0.05) is 17.2 Å². The van der Waals surface area contributed by atoms with E-state index in [0.29, 0.717) is 39.4 Å². The summed E-state index contributed by atoms with van der Waals surface area (Å²) in [6, 6.07) is 11.4. The first-order chi connectivity index (χ1) is 14.2. The number of benzene rings is 2. The van der Waals surface area contributed by atoms with Crippen LogP contribution in [0.1, 0.15) is 36.0 Å². The molecule has 0 bridgehead atoms. The van der Waals surface area contributed by atoms with Crippen molar-refractivity contribution >= 4 is 16.9 Å². The van der Waals surface area contributed by atoms with Crippen molar-refractivity contribution in [2.24, 2.45) is 0 Å². The quantitative estimate of drug-likeness (QED) is 0.532. The Morgan fingerprint density at radius 1 is 1.10 bits per heavy atom. The predicted molar refractivity (Wildman–Crippen MR) is 105 cm³/mol. The van der Waals surface area contributed by atoms with E-state index in [-0.39, 0.29) is 17.8 Å². The Bertz CT molecular complexity index is 1170. The average Bonchev–Trinajstić information content (AvgIpc) is 3.48. The molecule has 0 unspecified atom stereocenters. The van der Waals surface area contributed by atoms with Crippen LogP contribution >= 0.6 is 0 Å². The molecule has 29 heavy (non-hydrogen) atoms. The van der Waals surface area contributed by atoms with Crippen LogP contribution in [0.4, 0.5) is 4.39 Å². The fourth-order valence-corrected chi connectivity index (χ4v) is 3.71. The van der Waals surface area contributed by atoms with Crippen molar-refractivity contribution in [1.82, 2.24) is 15.5 Å². The lowest BCUT2D eigenvalue weighted by molar-refractivity contribution is 0.0938. The maximum Gasteiger partial charge on any atom is 0.251 e. The van der Waals surface area contributed by atoms with E-state index in [9.17, 15) is 9.18 Å². The fraction of sp³-hybridized carbons (Fsp3) is 0.227. The number of nitrogens with one attached hydrogen (secondary N) is 1. The van der Waals surface area contributed by atoms with Gasteiger partial charge >= 0.3 is 0 Å². The van der Waals surface area contributed by atoms with Crippen molar-refractivity contribution in [3.05, 3.63) is 60.1 Å². The van der Waals surface area contributed by atoms with Gasteiger partial charge in [0.15, 0.2) is 5.58 Å². The normalized spacial score (nSPS) is 14.5. The molecule has 4 aromatic rings. The number of halogens is 1. The van der Waals surface area contributed by atoms with Crippen LogP contribution in [0.15, 0.2) is 57.7 Å². The first-order valence-electron chi connectivity index (χ1n) is 9.59. The van der Waals surface area contributed by atoms with Gasteiger partial charge in [-0.1, -0.05) is 18.0 Å². The van der Waals surface area contributed by atoms with Crippen LogP contribution in [0.2, 0.25) is 0 Å². The van der Waals surface area contributed by atoms with Gasteiger partial charge < -0.3 is 14.3 Å². The van der Waals surface area contributed by atoms with E-state index >= 15 is 0 Å². The molecular formula is C22H18FN3O3. The SMILES string of the molecule is O=C(NC1CCCC1)c1ccc2onc(-c3coc(-c4ccc(F)cc4)n3)c2c1. The van der Waals surface area contributed by atoms with Crippen molar-refractivity contribution in [3.8, 4) is 22.8 Å². The number of fused-ring (bicyclic) bond motifs is 1. The summed E-state index contributed by atoms with van der Waals surface area (Å²) in [5, 5.41) is 7.87. The molecule has 1 aliphatic rings. The largest absolute Gasteiger partial charge is 0.444 e.